The van der Waals surface area contributed by atoms with Crippen molar-refractivity contribution in [3.63, 3.8) is 0 Å². The molecule has 1 aromatic rings. The molecular weight excluding hydrogens is 244 g/mol. The van der Waals surface area contributed by atoms with Crippen LogP contribution in [0.3, 0.4) is 0 Å². The highest BCUT2D eigenvalue weighted by Crippen LogP contribution is 2.12. The third-order valence-electron chi connectivity index (χ3n) is 1.54. The summed E-state index contributed by atoms with van der Waals surface area (Å²) in [5, 5.41) is 1.66. The van der Waals surface area contributed by atoms with Gasteiger partial charge in [-0.3, -0.25) is 9.59 Å². The summed E-state index contributed by atoms with van der Waals surface area (Å²) in [5.41, 5.74) is -0.775. The Hall–Kier alpha value is -1.53. The first-order chi connectivity index (χ1) is 7.31. The van der Waals surface area contributed by atoms with Crippen LogP contribution in [0.15, 0.2) is 17.5 Å². The van der Waals surface area contributed by atoms with E-state index >= 15 is 0 Å². The molecule has 1 aromatic heterocycles. The first-order valence-corrected chi connectivity index (χ1v) is 5.55. The first kappa shape index (κ1) is 15.5. The zero-order valence-corrected chi connectivity index (χ0v) is 10.6. The Labute approximate surface area is 103 Å². The van der Waals surface area contributed by atoms with Crippen molar-refractivity contribution in [1.82, 2.24) is 0 Å². The molecule has 94 valence electrons. The smallest absolute Gasteiger partial charge is 0.383 e. The van der Waals surface area contributed by atoms with Crippen molar-refractivity contribution in [3.05, 3.63) is 22.4 Å². The summed E-state index contributed by atoms with van der Waals surface area (Å²) in [7, 11) is 0. The second kappa shape index (κ2) is 5.70. The van der Waals surface area contributed by atoms with Crippen molar-refractivity contribution in [3.8, 4) is 0 Å². The molecule has 6 heteroatoms. The van der Waals surface area contributed by atoms with Gasteiger partial charge in [-0.1, -0.05) is 6.07 Å². The summed E-state index contributed by atoms with van der Waals surface area (Å²) in [6.45, 7) is 4.90. The van der Waals surface area contributed by atoms with E-state index in [9.17, 15) is 14.4 Å². The van der Waals surface area contributed by atoms with Crippen molar-refractivity contribution in [2.75, 3.05) is 0 Å². The zero-order chi connectivity index (χ0) is 12.3. The molecule has 0 saturated carbocycles. The minimum atomic E-state index is -1.13. The molecule has 0 aliphatic carbocycles. The molecule has 0 radical (unpaired) electrons. The molecule has 5 nitrogen and oxygen atoms in total. The monoisotopic (exact) mass is 258 g/mol. The van der Waals surface area contributed by atoms with Crippen LogP contribution in [0.1, 0.15) is 30.4 Å². The number of rotatable bonds is 3. The van der Waals surface area contributed by atoms with E-state index in [0.717, 1.165) is 11.3 Å². The van der Waals surface area contributed by atoms with E-state index in [1.165, 1.54) is 6.07 Å². The second-order valence-electron chi connectivity index (χ2n) is 4.14. The number of carbonyl (C=O) groups is 3. The summed E-state index contributed by atoms with van der Waals surface area (Å²) < 4.78 is 4.81. The molecule has 0 bridgehead atoms. The second-order valence-corrected chi connectivity index (χ2v) is 5.09. The Morgan fingerprint density at radius 2 is 1.82 bits per heavy atom. The van der Waals surface area contributed by atoms with E-state index in [4.69, 9.17) is 4.74 Å². The zero-order valence-electron chi connectivity index (χ0n) is 9.77. The summed E-state index contributed by atoms with van der Waals surface area (Å²) in [6, 6.07) is 3.13. The quantitative estimate of drug-likeness (QED) is 0.350. The molecule has 0 spiro atoms. The summed E-state index contributed by atoms with van der Waals surface area (Å²) in [4.78, 5) is 34.4. The van der Waals surface area contributed by atoms with Gasteiger partial charge in [-0.05, 0) is 32.2 Å². The molecule has 0 aliphatic rings. The van der Waals surface area contributed by atoms with E-state index < -0.39 is 23.1 Å². The summed E-state index contributed by atoms with van der Waals surface area (Å²) in [5.74, 6) is -3.05. The highest BCUT2D eigenvalue weighted by Gasteiger charge is 2.29. The van der Waals surface area contributed by atoms with Gasteiger partial charge in [-0.15, -0.1) is 11.3 Å². The average Bonchev–Trinajstić information content (AvgIpc) is 2.65. The van der Waals surface area contributed by atoms with Crippen LogP contribution >= 0.6 is 11.3 Å². The number of thiophene rings is 1. The fraction of sp³-hybridized carbons (Fsp3) is 0.364. The van der Waals surface area contributed by atoms with Gasteiger partial charge in [0.1, 0.15) is 5.60 Å². The van der Waals surface area contributed by atoms with Crippen molar-refractivity contribution < 1.29 is 24.6 Å². The summed E-state index contributed by atoms with van der Waals surface area (Å²) >= 11 is 1.12. The van der Waals surface area contributed by atoms with Crippen molar-refractivity contribution in [1.29, 1.82) is 0 Å². The maximum absolute atomic E-state index is 11.5. The van der Waals surface area contributed by atoms with Gasteiger partial charge < -0.3 is 10.2 Å². The number of Topliss-reactive ketones (excluding diaryl/α,β-unsaturated/α-hetero) is 2. The van der Waals surface area contributed by atoms with Crippen LogP contribution in [0.4, 0.5) is 0 Å². The molecule has 0 saturated heterocycles. The van der Waals surface area contributed by atoms with Crippen LogP contribution in [0.2, 0.25) is 0 Å². The topological polar surface area (TPSA) is 91.9 Å². The minimum Gasteiger partial charge on any atom is -0.454 e. The third-order valence-corrected chi connectivity index (χ3v) is 2.40. The SMILES string of the molecule is CC(C)(C)OC(=O)C(=O)C(=O)c1cccs1.O. The maximum Gasteiger partial charge on any atom is 0.383 e. The summed E-state index contributed by atoms with van der Waals surface area (Å²) in [6.07, 6.45) is 0. The molecule has 0 atom stereocenters. The molecule has 1 heterocycles. The molecule has 2 N–H and O–H groups in total. The molecule has 0 aromatic carbocycles. The molecule has 1 rings (SSSR count). The highest BCUT2D eigenvalue weighted by atomic mass is 32.1. The van der Waals surface area contributed by atoms with Crippen molar-refractivity contribution in [2.45, 2.75) is 26.4 Å². The predicted octanol–water partition coefficient (Wildman–Crippen LogP) is 1.02. The van der Waals surface area contributed by atoms with E-state index in [1.807, 2.05) is 0 Å². The van der Waals surface area contributed by atoms with Crippen molar-refractivity contribution >= 4 is 28.9 Å². The molecule has 0 aliphatic heterocycles. The van der Waals surface area contributed by atoms with E-state index in [2.05, 4.69) is 0 Å². The molecule has 17 heavy (non-hydrogen) atoms. The lowest BCUT2D eigenvalue weighted by molar-refractivity contribution is -0.160. The maximum atomic E-state index is 11.5. The molecule has 0 fully saturated rings. The predicted molar refractivity (Wildman–Crippen MR) is 63.1 cm³/mol. The minimum absolute atomic E-state index is 0. The Kier molecular flexibility index (Phi) is 5.18. The number of carbonyl (C=O) groups excluding carboxylic acids is 3. The number of hydrogen-bond donors (Lipinski definition) is 0. The van der Waals surface area contributed by atoms with E-state index in [-0.39, 0.29) is 10.4 Å². The Morgan fingerprint density at radius 3 is 2.24 bits per heavy atom. The largest absolute Gasteiger partial charge is 0.454 e. The number of hydrogen-bond acceptors (Lipinski definition) is 5. The third kappa shape index (κ3) is 4.46. The number of ether oxygens (including phenoxy) is 1. The Balaban J connectivity index is 0.00000256. The number of ketones is 2. The Morgan fingerprint density at radius 1 is 1.24 bits per heavy atom. The van der Waals surface area contributed by atoms with Gasteiger partial charge in [0.05, 0.1) is 4.88 Å². The van der Waals surface area contributed by atoms with Crippen LogP contribution in [-0.2, 0) is 14.3 Å². The van der Waals surface area contributed by atoms with Gasteiger partial charge >= 0.3 is 11.8 Å². The number of esters is 1. The first-order valence-electron chi connectivity index (χ1n) is 4.67. The lowest BCUT2D eigenvalue weighted by Gasteiger charge is -2.18. The fourth-order valence-electron chi connectivity index (χ4n) is 0.937. The standard InChI is InChI=1S/C11H12O4S.H2O/c1-11(2,3)15-10(14)9(13)8(12)7-5-4-6-16-7;/h4-6H,1-3H3;1H2. The van der Waals surface area contributed by atoms with Crippen LogP contribution in [0, 0.1) is 0 Å². The molecule has 0 unspecified atom stereocenters. The fourth-order valence-corrected chi connectivity index (χ4v) is 1.60. The van der Waals surface area contributed by atoms with Gasteiger partial charge in [0.2, 0.25) is 0 Å². The van der Waals surface area contributed by atoms with Crippen LogP contribution < -0.4 is 0 Å². The average molecular weight is 258 g/mol. The van der Waals surface area contributed by atoms with E-state index in [0.29, 0.717) is 0 Å². The van der Waals surface area contributed by atoms with E-state index in [1.54, 1.807) is 32.2 Å². The molecular formula is C11H14O5S. The van der Waals surface area contributed by atoms with Gasteiger partial charge in [0.15, 0.2) is 0 Å². The normalized spacial score (nSPS) is 10.3. The van der Waals surface area contributed by atoms with Crippen LogP contribution in [0.25, 0.3) is 0 Å². The Bertz CT molecular complexity index is 414. The van der Waals surface area contributed by atoms with Crippen LogP contribution in [-0.4, -0.2) is 28.6 Å². The molecule has 0 amide bonds. The van der Waals surface area contributed by atoms with Gasteiger partial charge in [0.25, 0.3) is 5.78 Å². The lowest BCUT2D eigenvalue weighted by atomic mass is 10.2. The van der Waals surface area contributed by atoms with Gasteiger partial charge in [-0.2, -0.15) is 0 Å². The highest BCUT2D eigenvalue weighted by molar-refractivity contribution is 7.13. The van der Waals surface area contributed by atoms with Gasteiger partial charge in [0, 0.05) is 0 Å². The van der Waals surface area contributed by atoms with Crippen molar-refractivity contribution in [2.24, 2.45) is 0 Å². The van der Waals surface area contributed by atoms with Crippen LogP contribution in [0.5, 0.6) is 0 Å². The lowest BCUT2D eigenvalue weighted by Crippen LogP contribution is -2.32. The van der Waals surface area contributed by atoms with Gasteiger partial charge in [-0.25, -0.2) is 4.79 Å².